The summed E-state index contributed by atoms with van der Waals surface area (Å²) in [7, 11) is -3.17. The molecule has 0 amide bonds. The van der Waals surface area contributed by atoms with Crippen molar-refractivity contribution in [2.75, 3.05) is 17.6 Å². The highest BCUT2D eigenvalue weighted by Gasteiger charge is 2.17. The molecule has 1 aromatic carbocycles. The molecule has 4 heteroatoms. The number of hydrogen-bond acceptors (Lipinski definition) is 3. The minimum Gasteiger partial charge on any atom is -0.384 e. The van der Waals surface area contributed by atoms with E-state index in [4.69, 9.17) is 0 Å². The van der Waals surface area contributed by atoms with Crippen LogP contribution in [0.2, 0.25) is 0 Å². The van der Waals surface area contributed by atoms with Gasteiger partial charge in [0.2, 0.25) is 0 Å². The molecule has 0 unspecified atom stereocenters. The van der Waals surface area contributed by atoms with E-state index in [1.165, 1.54) is 31.3 Å². The molecule has 0 aromatic heterocycles. The normalized spacial score (nSPS) is 15.6. The molecule has 1 aromatic rings. The van der Waals surface area contributed by atoms with Crippen LogP contribution in [0.5, 0.6) is 0 Å². The summed E-state index contributed by atoms with van der Waals surface area (Å²) in [6.07, 6.45) is 8.95. The molecule has 0 radical (unpaired) electrons. The van der Waals surface area contributed by atoms with Crippen LogP contribution in [0.3, 0.4) is 0 Å². The van der Waals surface area contributed by atoms with Crippen molar-refractivity contribution in [3.8, 4) is 0 Å². The van der Waals surface area contributed by atoms with Crippen molar-refractivity contribution in [3.05, 3.63) is 35.9 Å². The van der Waals surface area contributed by atoms with Gasteiger partial charge in [0.1, 0.15) is 0 Å². The van der Waals surface area contributed by atoms with Crippen LogP contribution in [0.15, 0.2) is 40.8 Å². The minimum absolute atomic E-state index is 0.205. The molecule has 0 saturated heterocycles. The first-order valence-electron chi connectivity index (χ1n) is 7.87. The van der Waals surface area contributed by atoms with Gasteiger partial charge < -0.3 is 5.32 Å². The maximum absolute atomic E-state index is 12.3. The van der Waals surface area contributed by atoms with E-state index in [9.17, 15) is 8.42 Å². The number of sulfone groups is 1. The summed E-state index contributed by atoms with van der Waals surface area (Å²) in [5.74, 6) is 0.205. The molecule has 1 N–H and O–H groups in total. The zero-order chi connectivity index (χ0) is 15.1. The third-order valence-corrected chi connectivity index (χ3v) is 5.81. The molecule has 0 heterocycles. The molecule has 0 aliphatic heterocycles. The maximum Gasteiger partial charge on any atom is 0.180 e. The van der Waals surface area contributed by atoms with E-state index in [1.54, 1.807) is 12.1 Å². The van der Waals surface area contributed by atoms with Crippen molar-refractivity contribution in [2.45, 2.75) is 50.3 Å². The van der Waals surface area contributed by atoms with Crippen LogP contribution in [0.25, 0.3) is 0 Å². The number of anilines is 1. The summed E-state index contributed by atoms with van der Waals surface area (Å²) >= 11 is 0. The molecule has 0 spiro atoms. The van der Waals surface area contributed by atoms with E-state index in [2.05, 4.69) is 11.4 Å². The summed E-state index contributed by atoms with van der Waals surface area (Å²) in [6, 6.07) is 7.23. The van der Waals surface area contributed by atoms with Gasteiger partial charge in [-0.1, -0.05) is 30.7 Å². The zero-order valence-electron chi connectivity index (χ0n) is 12.8. The van der Waals surface area contributed by atoms with E-state index in [-0.39, 0.29) is 5.75 Å². The SMILES string of the molecule is CCCS(=O)(=O)c1ccccc1NCCC1=CCCCC1. The van der Waals surface area contributed by atoms with Gasteiger partial charge in [-0.3, -0.25) is 0 Å². The largest absolute Gasteiger partial charge is 0.384 e. The Bertz CT molecular complexity index is 591. The van der Waals surface area contributed by atoms with Crippen LogP contribution >= 0.6 is 0 Å². The fourth-order valence-electron chi connectivity index (χ4n) is 2.75. The Labute approximate surface area is 128 Å². The second-order valence-electron chi connectivity index (χ2n) is 5.60. The Morgan fingerprint density at radius 2 is 2.00 bits per heavy atom. The molecule has 116 valence electrons. The van der Waals surface area contributed by atoms with Gasteiger partial charge in [0, 0.05) is 6.54 Å². The Morgan fingerprint density at radius 1 is 1.19 bits per heavy atom. The molecule has 0 bridgehead atoms. The Morgan fingerprint density at radius 3 is 2.71 bits per heavy atom. The first-order chi connectivity index (χ1) is 10.1. The predicted octanol–water partition coefficient (Wildman–Crippen LogP) is 4.17. The molecular formula is C17H25NO2S. The Balaban J connectivity index is 2.01. The van der Waals surface area contributed by atoms with Gasteiger partial charge in [0.05, 0.1) is 16.3 Å². The fourth-order valence-corrected chi connectivity index (χ4v) is 4.27. The highest BCUT2D eigenvalue weighted by atomic mass is 32.2. The van der Waals surface area contributed by atoms with Crippen molar-refractivity contribution < 1.29 is 8.42 Å². The summed E-state index contributed by atoms with van der Waals surface area (Å²) < 4.78 is 24.5. The quantitative estimate of drug-likeness (QED) is 0.769. The van der Waals surface area contributed by atoms with Crippen LogP contribution in [-0.4, -0.2) is 20.7 Å². The smallest absolute Gasteiger partial charge is 0.180 e. The number of nitrogens with one attached hydrogen (secondary N) is 1. The lowest BCUT2D eigenvalue weighted by Crippen LogP contribution is -2.11. The molecule has 0 fully saturated rings. The van der Waals surface area contributed by atoms with Crippen molar-refractivity contribution in [3.63, 3.8) is 0 Å². The lowest BCUT2D eigenvalue weighted by molar-refractivity contribution is 0.595. The topological polar surface area (TPSA) is 46.2 Å². The molecule has 0 saturated carbocycles. The van der Waals surface area contributed by atoms with Gasteiger partial charge in [0.25, 0.3) is 0 Å². The average molecular weight is 307 g/mol. The molecule has 2 rings (SSSR count). The molecule has 21 heavy (non-hydrogen) atoms. The average Bonchev–Trinajstić information content (AvgIpc) is 2.49. The number of para-hydroxylation sites is 1. The van der Waals surface area contributed by atoms with E-state index in [0.717, 1.165) is 18.7 Å². The van der Waals surface area contributed by atoms with E-state index >= 15 is 0 Å². The van der Waals surface area contributed by atoms with E-state index in [1.807, 2.05) is 19.1 Å². The van der Waals surface area contributed by atoms with E-state index in [0.29, 0.717) is 11.3 Å². The zero-order valence-corrected chi connectivity index (χ0v) is 13.6. The second-order valence-corrected chi connectivity index (χ2v) is 7.68. The van der Waals surface area contributed by atoms with Crippen molar-refractivity contribution in [1.29, 1.82) is 0 Å². The van der Waals surface area contributed by atoms with Gasteiger partial charge in [-0.25, -0.2) is 8.42 Å². The standard InChI is InChI=1S/C17H25NO2S/c1-2-14-21(19,20)17-11-7-6-10-16(17)18-13-12-15-8-4-3-5-9-15/h6-8,10-11,18H,2-5,9,12-14H2,1H3. The summed E-state index contributed by atoms with van der Waals surface area (Å²) in [5, 5.41) is 3.31. The summed E-state index contributed by atoms with van der Waals surface area (Å²) in [5.41, 5.74) is 2.24. The van der Waals surface area contributed by atoms with Crippen LogP contribution in [-0.2, 0) is 9.84 Å². The molecule has 0 atom stereocenters. The number of rotatable bonds is 7. The number of allylic oxidation sites excluding steroid dienone is 1. The van der Waals surface area contributed by atoms with Crippen molar-refractivity contribution >= 4 is 15.5 Å². The first kappa shape index (κ1) is 16.1. The number of hydrogen-bond donors (Lipinski definition) is 1. The molecular weight excluding hydrogens is 282 g/mol. The van der Waals surface area contributed by atoms with Gasteiger partial charge in [-0.15, -0.1) is 0 Å². The third-order valence-electron chi connectivity index (χ3n) is 3.84. The van der Waals surface area contributed by atoms with Crippen LogP contribution in [0.4, 0.5) is 5.69 Å². The number of benzene rings is 1. The molecule has 1 aliphatic rings. The lowest BCUT2D eigenvalue weighted by atomic mass is 9.97. The fraction of sp³-hybridized carbons (Fsp3) is 0.529. The van der Waals surface area contributed by atoms with Gasteiger partial charge >= 0.3 is 0 Å². The molecule has 3 nitrogen and oxygen atoms in total. The van der Waals surface area contributed by atoms with Crippen LogP contribution in [0.1, 0.15) is 45.4 Å². The third kappa shape index (κ3) is 4.60. The monoisotopic (exact) mass is 307 g/mol. The van der Waals surface area contributed by atoms with Crippen molar-refractivity contribution in [2.24, 2.45) is 0 Å². The van der Waals surface area contributed by atoms with E-state index < -0.39 is 9.84 Å². The Hall–Kier alpha value is -1.29. The van der Waals surface area contributed by atoms with Gasteiger partial charge in [0.15, 0.2) is 9.84 Å². The van der Waals surface area contributed by atoms with Crippen molar-refractivity contribution in [1.82, 2.24) is 0 Å². The summed E-state index contributed by atoms with van der Waals surface area (Å²) in [6.45, 7) is 2.69. The second kappa shape index (κ2) is 7.64. The highest BCUT2D eigenvalue weighted by molar-refractivity contribution is 7.91. The first-order valence-corrected chi connectivity index (χ1v) is 9.52. The maximum atomic E-state index is 12.3. The predicted molar refractivity (Wildman–Crippen MR) is 88.4 cm³/mol. The molecule has 1 aliphatic carbocycles. The highest BCUT2D eigenvalue weighted by Crippen LogP contribution is 2.24. The van der Waals surface area contributed by atoms with Gasteiger partial charge in [-0.05, 0) is 50.7 Å². The summed E-state index contributed by atoms with van der Waals surface area (Å²) in [4.78, 5) is 0.435. The van der Waals surface area contributed by atoms with Crippen LogP contribution < -0.4 is 5.32 Å². The van der Waals surface area contributed by atoms with Gasteiger partial charge in [-0.2, -0.15) is 0 Å². The lowest BCUT2D eigenvalue weighted by Gasteiger charge is -2.15. The van der Waals surface area contributed by atoms with Crippen LogP contribution in [0, 0.1) is 0 Å². The minimum atomic E-state index is -3.17. The Kier molecular flexibility index (Phi) is 5.85.